The van der Waals surface area contributed by atoms with Crippen molar-refractivity contribution in [2.45, 2.75) is 26.5 Å². The van der Waals surface area contributed by atoms with Crippen LogP contribution in [-0.4, -0.2) is 37.9 Å². The summed E-state index contributed by atoms with van der Waals surface area (Å²) in [4.78, 5) is 11.6. The Morgan fingerprint density at radius 2 is 1.80 bits per heavy atom. The molecule has 1 rings (SSSR count). The normalized spacial score (nSPS) is 10.3. The van der Waals surface area contributed by atoms with Gasteiger partial charge in [-0.25, -0.2) is 0 Å². The molecule has 0 radical (unpaired) electrons. The molecule has 1 aromatic rings. The molecule has 112 valence electrons. The van der Waals surface area contributed by atoms with E-state index < -0.39 is 0 Å². The number of methoxy groups -OCH3 is 2. The van der Waals surface area contributed by atoms with Crippen LogP contribution < -0.4 is 19.5 Å². The highest BCUT2D eigenvalue weighted by molar-refractivity contribution is 5.78. The van der Waals surface area contributed by atoms with E-state index >= 15 is 0 Å². The zero-order valence-corrected chi connectivity index (χ0v) is 12.2. The van der Waals surface area contributed by atoms with Gasteiger partial charge in [-0.05, 0) is 31.5 Å². The fourth-order valence-corrected chi connectivity index (χ4v) is 1.67. The summed E-state index contributed by atoms with van der Waals surface area (Å²) >= 11 is 0. The molecule has 6 heteroatoms. The first-order valence-electron chi connectivity index (χ1n) is 6.29. The van der Waals surface area contributed by atoms with Crippen molar-refractivity contribution in [1.29, 1.82) is 0 Å². The van der Waals surface area contributed by atoms with Gasteiger partial charge < -0.3 is 24.6 Å². The third-order valence-corrected chi connectivity index (χ3v) is 2.50. The molecule has 0 heterocycles. The first kappa shape index (κ1) is 16.1. The van der Waals surface area contributed by atoms with E-state index in [1.165, 1.54) is 14.2 Å². The fourth-order valence-electron chi connectivity index (χ4n) is 1.67. The molecule has 0 aromatic heterocycles. The highest BCUT2D eigenvalue weighted by Gasteiger charge is 2.15. The van der Waals surface area contributed by atoms with Gasteiger partial charge in [0, 0.05) is 6.04 Å². The predicted octanol–water partition coefficient (Wildman–Crippen LogP) is 1.10. The molecule has 0 aliphatic rings. The highest BCUT2D eigenvalue weighted by atomic mass is 16.5. The summed E-state index contributed by atoms with van der Waals surface area (Å²) in [6.07, 6.45) is 0. The Labute approximate surface area is 118 Å². The summed E-state index contributed by atoms with van der Waals surface area (Å²) in [5, 5.41) is 11.9. The first-order chi connectivity index (χ1) is 9.51. The van der Waals surface area contributed by atoms with Gasteiger partial charge in [-0.1, -0.05) is 0 Å². The molecule has 0 aliphatic carbocycles. The number of carbonyl (C=O) groups excluding carboxylic acids is 1. The first-order valence-corrected chi connectivity index (χ1v) is 6.29. The second kappa shape index (κ2) is 7.59. The maximum atomic E-state index is 11.6. The monoisotopic (exact) mass is 283 g/mol. The van der Waals surface area contributed by atoms with Crippen molar-refractivity contribution >= 4 is 5.91 Å². The molecule has 0 saturated heterocycles. The summed E-state index contributed by atoms with van der Waals surface area (Å²) < 4.78 is 15.9. The smallest absolute Gasteiger partial charge is 0.258 e. The van der Waals surface area contributed by atoms with Crippen LogP contribution in [0, 0.1) is 0 Å². The van der Waals surface area contributed by atoms with Gasteiger partial charge in [-0.3, -0.25) is 4.79 Å². The van der Waals surface area contributed by atoms with Crippen LogP contribution in [0.5, 0.6) is 17.2 Å². The molecule has 0 atom stereocenters. The summed E-state index contributed by atoms with van der Waals surface area (Å²) in [5.74, 6) is 0.929. The number of aliphatic hydroxyl groups is 1. The van der Waals surface area contributed by atoms with E-state index in [0.717, 1.165) is 0 Å². The average Bonchev–Trinajstić information content (AvgIpc) is 2.43. The second-order valence-electron chi connectivity index (χ2n) is 4.50. The van der Waals surface area contributed by atoms with Gasteiger partial charge in [0.1, 0.15) is 0 Å². The van der Waals surface area contributed by atoms with Gasteiger partial charge >= 0.3 is 0 Å². The summed E-state index contributed by atoms with van der Waals surface area (Å²) in [5.41, 5.74) is 0.637. The van der Waals surface area contributed by atoms with Crippen LogP contribution in [0.25, 0.3) is 0 Å². The van der Waals surface area contributed by atoms with Gasteiger partial charge in [0.05, 0.1) is 20.8 Å². The molecule has 2 N–H and O–H groups in total. The third-order valence-electron chi connectivity index (χ3n) is 2.50. The number of carbonyl (C=O) groups is 1. The van der Waals surface area contributed by atoms with E-state index in [9.17, 15) is 4.79 Å². The molecule has 20 heavy (non-hydrogen) atoms. The minimum Gasteiger partial charge on any atom is -0.493 e. The van der Waals surface area contributed by atoms with Crippen LogP contribution in [0.1, 0.15) is 19.4 Å². The SMILES string of the molecule is COc1cc(CO)cc(OC)c1OCC(=O)NC(C)C. The van der Waals surface area contributed by atoms with E-state index in [2.05, 4.69) is 5.32 Å². The number of ether oxygens (including phenoxy) is 3. The summed E-state index contributed by atoms with van der Waals surface area (Å²) in [7, 11) is 2.97. The number of amides is 1. The number of benzene rings is 1. The van der Waals surface area contributed by atoms with Crippen LogP contribution >= 0.6 is 0 Å². The lowest BCUT2D eigenvalue weighted by molar-refractivity contribution is -0.123. The second-order valence-corrected chi connectivity index (χ2v) is 4.50. The highest BCUT2D eigenvalue weighted by Crippen LogP contribution is 2.38. The van der Waals surface area contributed by atoms with Crippen molar-refractivity contribution in [1.82, 2.24) is 5.32 Å². The van der Waals surface area contributed by atoms with Gasteiger partial charge in [0.25, 0.3) is 5.91 Å². The minimum atomic E-state index is -0.227. The van der Waals surface area contributed by atoms with E-state index in [1.807, 2.05) is 13.8 Å². The number of hydrogen-bond donors (Lipinski definition) is 2. The zero-order valence-electron chi connectivity index (χ0n) is 12.2. The number of nitrogens with one attached hydrogen (secondary N) is 1. The van der Waals surface area contributed by atoms with Crippen LogP contribution in [0.2, 0.25) is 0 Å². The number of hydrogen-bond acceptors (Lipinski definition) is 5. The molecular weight excluding hydrogens is 262 g/mol. The van der Waals surface area contributed by atoms with Crippen LogP contribution in [0.15, 0.2) is 12.1 Å². The van der Waals surface area contributed by atoms with Gasteiger partial charge in [0.2, 0.25) is 5.75 Å². The van der Waals surface area contributed by atoms with Crippen LogP contribution in [0.3, 0.4) is 0 Å². The molecule has 0 spiro atoms. The van der Waals surface area contributed by atoms with Crippen LogP contribution in [0.4, 0.5) is 0 Å². The van der Waals surface area contributed by atoms with Crippen molar-refractivity contribution in [3.8, 4) is 17.2 Å². The Morgan fingerprint density at radius 3 is 2.20 bits per heavy atom. The zero-order chi connectivity index (χ0) is 15.1. The molecule has 1 amide bonds. The summed E-state index contributed by atoms with van der Waals surface area (Å²) in [6, 6.07) is 3.32. The maximum absolute atomic E-state index is 11.6. The topological polar surface area (TPSA) is 77.0 Å². The lowest BCUT2D eigenvalue weighted by atomic mass is 10.2. The third kappa shape index (κ3) is 4.31. The lowest BCUT2D eigenvalue weighted by Crippen LogP contribution is -2.34. The Hall–Kier alpha value is -1.95. The van der Waals surface area contributed by atoms with E-state index in [0.29, 0.717) is 22.8 Å². The van der Waals surface area contributed by atoms with Crippen LogP contribution in [-0.2, 0) is 11.4 Å². The van der Waals surface area contributed by atoms with E-state index in [4.69, 9.17) is 19.3 Å². The van der Waals surface area contributed by atoms with Crippen molar-refractivity contribution < 1.29 is 24.1 Å². The lowest BCUT2D eigenvalue weighted by Gasteiger charge is -2.16. The van der Waals surface area contributed by atoms with Gasteiger partial charge in [-0.15, -0.1) is 0 Å². The fraction of sp³-hybridized carbons (Fsp3) is 0.500. The molecule has 0 unspecified atom stereocenters. The Kier molecular flexibility index (Phi) is 6.11. The molecule has 1 aromatic carbocycles. The Balaban J connectivity index is 2.90. The maximum Gasteiger partial charge on any atom is 0.258 e. The van der Waals surface area contributed by atoms with Gasteiger partial charge in [0.15, 0.2) is 18.1 Å². The minimum absolute atomic E-state index is 0.0478. The van der Waals surface area contributed by atoms with E-state index in [1.54, 1.807) is 12.1 Å². The Bertz CT molecular complexity index is 434. The van der Waals surface area contributed by atoms with Crippen molar-refractivity contribution in [2.75, 3.05) is 20.8 Å². The molecule has 0 saturated carbocycles. The Morgan fingerprint density at radius 1 is 1.25 bits per heavy atom. The molecule has 0 bridgehead atoms. The largest absolute Gasteiger partial charge is 0.493 e. The van der Waals surface area contributed by atoms with E-state index in [-0.39, 0.29) is 25.2 Å². The quantitative estimate of drug-likeness (QED) is 0.783. The van der Waals surface area contributed by atoms with Crippen molar-refractivity contribution in [2.24, 2.45) is 0 Å². The van der Waals surface area contributed by atoms with Crippen molar-refractivity contribution in [3.63, 3.8) is 0 Å². The molecule has 6 nitrogen and oxygen atoms in total. The standard InChI is InChI=1S/C14H21NO5/c1-9(2)15-13(17)8-20-14-11(18-3)5-10(7-16)6-12(14)19-4/h5-6,9,16H,7-8H2,1-4H3,(H,15,17). The molecule has 0 fully saturated rings. The number of aliphatic hydroxyl groups excluding tert-OH is 1. The molecule has 0 aliphatic heterocycles. The van der Waals surface area contributed by atoms with Gasteiger partial charge in [-0.2, -0.15) is 0 Å². The predicted molar refractivity (Wildman–Crippen MR) is 74.2 cm³/mol. The van der Waals surface area contributed by atoms with Crippen molar-refractivity contribution in [3.05, 3.63) is 17.7 Å². The molecular formula is C14H21NO5. The average molecular weight is 283 g/mol. The summed E-state index contributed by atoms with van der Waals surface area (Å²) in [6.45, 7) is 3.47. The number of rotatable bonds is 7.